The number of likely N-dealkylation sites (N-methyl/N-ethyl adjacent to an activating group) is 1. The number of hydrogen-bond donors (Lipinski definition) is 1. The maximum Gasteiger partial charge on any atom is 0.254 e. The highest BCUT2D eigenvalue weighted by molar-refractivity contribution is 5.99. The van der Waals surface area contributed by atoms with Gasteiger partial charge in [-0.05, 0) is 37.6 Å². The first kappa shape index (κ1) is 22.3. The van der Waals surface area contributed by atoms with Crippen molar-refractivity contribution in [1.82, 2.24) is 14.7 Å². The molecule has 0 bridgehead atoms. The van der Waals surface area contributed by atoms with Gasteiger partial charge in [0.05, 0.1) is 17.9 Å². The van der Waals surface area contributed by atoms with Crippen molar-refractivity contribution < 1.29 is 9.59 Å². The third-order valence-corrected chi connectivity index (χ3v) is 5.07. The third kappa shape index (κ3) is 5.20. The molecule has 0 fully saturated rings. The zero-order valence-corrected chi connectivity index (χ0v) is 19.1. The van der Waals surface area contributed by atoms with Crippen LogP contribution in [0.15, 0.2) is 54.6 Å². The van der Waals surface area contributed by atoms with Gasteiger partial charge in [-0.3, -0.25) is 9.59 Å². The van der Waals surface area contributed by atoms with Gasteiger partial charge in [0.15, 0.2) is 0 Å². The normalized spacial score (nSPS) is 11.3. The average Bonchev–Trinajstić information content (AvgIpc) is 3.11. The van der Waals surface area contributed by atoms with E-state index < -0.39 is 0 Å². The Labute approximate surface area is 183 Å². The van der Waals surface area contributed by atoms with Gasteiger partial charge in [-0.15, -0.1) is 0 Å². The van der Waals surface area contributed by atoms with Crippen molar-refractivity contribution in [2.24, 2.45) is 0 Å². The van der Waals surface area contributed by atoms with Crippen LogP contribution in [0.3, 0.4) is 0 Å². The first-order valence-corrected chi connectivity index (χ1v) is 10.3. The van der Waals surface area contributed by atoms with E-state index >= 15 is 0 Å². The Hall–Kier alpha value is -3.41. The van der Waals surface area contributed by atoms with Crippen molar-refractivity contribution in [2.45, 2.75) is 40.0 Å². The zero-order chi connectivity index (χ0) is 22.8. The van der Waals surface area contributed by atoms with Crippen molar-refractivity contribution in [3.05, 3.63) is 77.0 Å². The predicted octanol–water partition coefficient (Wildman–Crippen LogP) is 4.50. The van der Waals surface area contributed by atoms with Crippen molar-refractivity contribution in [3.8, 4) is 5.69 Å². The molecule has 6 nitrogen and oxygen atoms in total. The lowest BCUT2D eigenvalue weighted by Gasteiger charge is -2.17. The Morgan fingerprint density at radius 3 is 2.32 bits per heavy atom. The Bertz CT molecular complexity index is 1090. The van der Waals surface area contributed by atoms with Crippen molar-refractivity contribution in [1.29, 1.82) is 0 Å². The van der Waals surface area contributed by atoms with E-state index in [0.717, 1.165) is 22.5 Å². The van der Waals surface area contributed by atoms with Crippen LogP contribution in [0.4, 0.5) is 5.82 Å². The molecule has 0 aliphatic heterocycles. The fourth-order valence-corrected chi connectivity index (χ4v) is 3.33. The lowest BCUT2D eigenvalue weighted by molar-refractivity contribution is -0.116. The fourth-order valence-electron chi connectivity index (χ4n) is 3.33. The van der Waals surface area contributed by atoms with Gasteiger partial charge in [0.25, 0.3) is 5.91 Å². The molecule has 0 aliphatic carbocycles. The molecule has 3 rings (SSSR count). The van der Waals surface area contributed by atoms with E-state index in [2.05, 4.69) is 32.2 Å². The van der Waals surface area contributed by atoms with Crippen molar-refractivity contribution in [2.75, 3.05) is 18.9 Å². The highest BCUT2D eigenvalue weighted by Crippen LogP contribution is 2.27. The summed E-state index contributed by atoms with van der Waals surface area (Å²) in [5, 5.41) is 7.73. The third-order valence-electron chi connectivity index (χ3n) is 5.07. The number of rotatable bonds is 5. The average molecular weight is 419 g/mol. The lowest BCUT2D eigenvalue weighted by atomic mass is 9.92. The fraction of sp³-hybridized carbons (Fsp3) is 0.320. The molecule has 6 heteroatoms. The number of hydrogen-bond acceptors (Lipinski definition) is 3. The quantitative estimate of drug-likeness (QED) is 0.663. The van der Waals surface area contributed by atoms with Crippen molar-refractivity contribution >= 4 is 17.6 Å². The maximum atomic E-state index is 12.8. The van der Waals surface area contributed by atoms with Crippen molar-refractivity contribution in [3.63, 3.8) is 0 Å². The number of benzene rings is 2. The number of anilines is 1. The second kappa shape index (κ2) is 8.76. The molecular formula is C25H30N4O2. The van der Waals surface area contributed by atoms with Gasteiger partial charge in [-0.2, -0.15) is 5.10 Å². The van der Waals surface area contributed by atoms with E-state index in [1.165, 1.54) is 4.90 Å². The summed E-state index contributed by atoms with van der Waals surface area (Å²) in [6, 6.07) is 17.0. The number of amides is 2. The van der Waals surface area contributed by atoms with Crippen LogP contribution >= 0.6 is 0 Å². The number of carbonyl (C=O) groups excluding carboxylic acids is 2. The monoisotopic (exact) mass is 418 g/mol. The minimum atomic E-state index is -0.279. The Morgan fingerprint density at radius 1 is 1.03 bits per heavy atom. The SMILES string of the molecule is Cc1ccc(-n2nc(C(C)(C)C)cc2NC(=O)CN(C)C(=O)c2ccccc2)c(C)c1. The molecular weight excluding hydrogens is 388 g/mol. The van der Waals surface area contributed by atoms with Gasteiger partial charge in [-0.25, -0.2) is 4.68 Å². The summed E-state index contributed by atoms with van der Waals surface area (Å²) in [5.41, 5.74) is 4.38. The van der Waals surface area contributed by atoms with E-state index in [-0.39, 0.29) is 23.8 Å². The summed E-state index contributed by atoms with van der Waals surface area (Å²) >= 11 is 0. The second-order valence-electron chi connectivity index (χ2n) is 8.94. The molecule has 0 aliphatic rings. The Kier molecular flexibility index (Phi) is 6.29. The highest BCUT2D eigenvalue weighted by atomic mass is 16.2. The van der Waals surface area contributed by atoms with Crippen LogP contribution in [0.5, 0.6) is 0 Å². The molecule has 2 aromatic carbocycles. The molecule has 0 spiro atoms. The molecule has 1 aromatic heterocycles. The molecule has 31 heavy (non-hydrogen) atoms. The van der Waals surface area contributed by atoms with Gasteiger partial charge < -0.3 is 10.2 Å². The van der Waals surface area contributed by atoms with Crippen LogP contribution in [0.25, 0.3) is 5.69 Å². The Balaban J connectivity index is 1.85. The topological polar surface area (TPSA) is 67.2 Å². The second-order valence-corrected chi connectivity index (χ2v) is 8.94. The van der Waals surface area contributed by atoms with E-state index in [1.54, 1.807) is 36.0 Å². The van der Waals surface area contributed by atoms with Crippen LogP contribution in [0, 0.1) is 13.8 Å². The molecule has 2 amide bonds. The van der Waals surface area contributed by atoms with E-state index in [0.29, 0.717) is 11.4 Å². The zero-order valence-electron chi connectivity index (χ0n) is 19.1. The lowest BCUT2D eigenvalue weighted by Crippen LogP contribution is -2.35. The number of nitrogens with zero attached hydrogens (tertiary/aromatic N) is 3. The van der Waals surface area contributed by atoms with Gasteiger partial charge in [0, 0.05) is 24.1 Å². The summed E-state index contributed by atoms with van der Waals surface area (Å²) in [6.45, 7) is 10.3. The molecule has 1 N–H and O–H groups in total. The number of carbonyl (C=O) groups is 2. The number of aryl methyl sites for hydroxylation is 2. The van der Waals surface area contributed by atoms with Gasteiger partial charge in [0.2, 0.25) is 5.91 Å². The summed E-state index contributed by atoms with van der Waals surface area (Å²) in [4.78, 5) is 26.8. The van der Waals surface area contributed by atoms with E-state index in [4.69, 9.17) is 5.10 Å². The standard InChI is InChI=1S/C25H30N4O2/c1-17-12-13-20(18(2)14-17)29-22(15-21(27-29)25(3,4)5)26-23(30)16-28(6)24(31)19-10-8-7-9-11-19/h7-15H,16H2,1-6H3,(H,26,30). The predicted molar refractivity (Wildman–Crippen MR) is 124 cm³/mol. The first-order chi connectivity index (χ1) is 14.6. The molecule has 3 aromatic rings. The minimum Gasteiger partial charge on any atom is -0.332 e. The van der Waals surface area contributed by atoms with Crippen LogP contribution in [0.2, 0.25) is 0 Å². The van der Waals surface area contributed by atoms with Gasteiger partial charge in [0.1, 0.15) is 5.82 Å². The Morgan fingerprint density at radius 2 is 1.71 bits per heavy atom. The summed E-state index contributed by atoms with van der Waals surface area (Å²) in [7, 11) is 1.62. The van der Waals surface area contributed by atoms with E-state index in [1.807, 2.05) is 38.1 Å². The maximum absolute atomic E-state index is 12.8. The first-order valence-electron chi connectivity index (χ1n) is 10.3. The number of aromatic nitrogens is 2. The van der Waals surface area contributed by atoms with Gasteiger partial charge >= 0.3 is 0 Å². The molecule has 0 unspecified atom stereocenters. The van der Waals surface area contributed by atoms with Crippen LogP contribution in [-0.4, -0.2) is 40.1 Å². The molecule has 162 valence electrons. The van der Waals surface area contributed by atoms with Crippen LogP contribution < -0.4 is 5.32 Å². The summed E-state index contributed by atoms with van der Waals surface area (Å²) in [5.74, 6) is 0.106. The van der Waals surface area contributed by atoms with Gasteiger partial charge in [-0.1, -0.05) is 56.7 Å². The minimum absolute atomic E-state index is 0.0589. The smallest absolute Gasteiger partial charge is 0.254 e. The molecule has 0 saturated heterocycles. The molecule has 1 heterocycles. The summed E-state index contributed by atoms with van der Waals surface area (Å²) in [6.07, 6.45) is 0. The largest absolute Gasteiger partial charge is 0.332 e. The molecule has 0 atom stereocenters. The summed E-state index contributed by atoms with van der Waals surface area (Å²) < 4.78 is 1.77. The number of nitrogens with one attached hydrogen (secondary N) is 1. The molecule has 0 radical (unpaired) electrons. The van der Waals surface area contributed by atoms with Crippen LogP contribution in [-0.2, 0) is 10.2 Å². The highest BCUT2D eigenvalue weighted by Gasteiger charge is 2.23. The molecule has 0 saturated carbocycles. The van der Waals surface area contributed by atoms with Crippen LogP contribution in [0.1, 0.15) is 48.0 Å². The van der Waals surface area contributed by atoms with E-state index in [9.17, 15) is 9.59 Å².